The third-order valence-corrected chi connectivity index (χ3v) is 3.82. The summed E-state index contributed by atoms with van der Waals surface area (Å²) in [4.78, 5) is 26.2. The van der Waals surface area contributed by atoms with E-state index in [0.29, 0.717) is 30.2 Å². The van der Waals surface area contributed by atoms with Crippen LogP contribution in [0.1, 0.15) is 24.2 Å². The van der Waals surface area contributed by atoms with Crippen LogP contribution < -0.4 is 15.0 Å². The smallest absolute Gasteiger partial charge is 0.338 e. The van der Waals surface area contributed by atoms with Crippen molar-refractivity contribution in [2.24, 2.45) is 0 Å². The molecule has 1 N–H and O–H groups in total. The van der Waals surface area contributed by atoms with Crippen molar-refractivity contribution in [2.45, 2.75) is 13.8 Å². The number of carbonyl (C=O) groups excluding carboxylic acids is 2. The molecule has 0 atom stereocenters. The van der Waals surface area contributed by atoms with Gasteiger partial charge in [0.1, 0.15) is 5.75 Å². The minimum Gasteiger partial charge on any atom is -0.495 e. The lowest BCUT2D eigenvalue weighted by molar-refractivity contribution is -0.115. The van der Waals surface area contributed by atoms with Crippen molar-refractivity contribution in [1.29, 1.82) is 0 Å². The largest absolute Gasteiger partial charge is 0.495 e. The molecule has 2 aromatic carbocycles. The SMILES string of the molecule is CCOC(=O)c1cccc(N(CC)CC(=O)Nc2ccccc2OC)c1. The molecule has 0 aliphatic rings. The molecular weight excluding hydrogens is 332 g/mol. The van der Waals surface area contributed by atoms with Gasteiger partial charge in [-0.05, 0) is 44.2 Å². The Morgan fingerprint density at radius 3 is 2.54 bits per heavy atom. The van der Waals surface area contributed by atoms with E-state index in [1.807, 2.05) is 30.0 Å². The van der Waals surface area contributed by atoms with Gasteiger partial charge in [0.05, 0.1) is 31.5 Å². The predicted molar refractivity (Wildman–Crippen MR) is 102 cm³/mol. The van der Waals surface area contributed by atoms with Crippen molar-refractivity contribution < 1.29 is 19.1 Å². The van der Waals surface area contributed by atoms with Gasteiger partial charge in [0.25, 0.3) is 0 Å². The van der Waals surface area contributed by atoms with E-state index in [4.69, 9.17) is 9.47 Å². The summed E-state index contributed by atoms with van der Waals surface area (Å²) in [6.07, 6.45) is 0. The zero-order valence-corrected chi connectivity index (χ0v) is 15.3. The van der Waals surface area contributed by atoms with Crippen LogP contribution in [0.3, 0.4) is 0 Å². The Hall–Kier alpha value is -3.02. The summed E-state index contributed by atoms with van der Waals surface area (Å²) in [5, 5.41) is 2.86. The highest BCUT2D eigenvalue weighted by Crippen LogP contribution is 2.23. The molecule has 0 saturated heterocycles. The monoisotopic (exact) mass is 356 g/mol. The van der Waals surface area contributed by atoms with Gasteiger partial charge in [-0.2, -0.15) is 0 Å². The Morgan fingerprint density at radius 1 is 1.08 bits per heavy atom. The van der Waals surface area contributed by atoms with E-state index in [9.17, 15) is 9.59 Å². The van der Waals surface area contributed by atoms with Gasteiger partial charge < -0.3 is 19.7 Å². The summed E-state index contributed by atoms with van der Waals surface area (Å²) in [6.45, 7) is 4.81. The topological polar surface area (TPSA) is 67.9 Å². The average Bonchev–Trinajstić information content (AvgIpc) is 2.66. The van der Waals surface area contributed by atoms with Crippen molar-refractivity contribution in [3.05, 3.63) is 54.1 Å². The maximum absolute atomic E-state index is 12.4. The number of hydrogen-bond acceptors (Lipinski definition) is 5. The lowest BCUT2D eigenvalue weighted by Crippen LogP contribution is -2.33. The molecule has 0 bridgehead atoms. The van der Waals surface area contributed by atoms with Gasteiger partial charge in [-0.3, -0.25) is 4.79 Å². The molecule has 138 valence electrons. The highest BCUT2D eigenvalue weighted by molar-refractivity contribution is 5.96. The fourth-order valence-electron chi connectivity index (χ4n) is 2.54. The van der Waals surface area contributed by atoms with Crippen LogP contribution in [-0.2, 0) is 9.53 Å². The third-order valence-electron chi connectivity index (χ3n) is 3.82. The van der Waals surface area contributed by atoms with Crippen molar-refractivity contribution in [3.63, 3.8) is 0 Å². The number of methoxy groups -OCH3 is 1. The molecule has 0 spiro atoms. The van der Waals surface area contributed by atoms with Crippen LogP contribution in [0, 0.1) is 0 Å². The number of hydrogen-bond donors (Lipinski definition) is 1. The molecule has 2 aromatic rings. The fraction of sp³-hybridized carbons (Fsp3) is 0.300. The highest BCUT2D eigenvalue weighted by atomic mass is 16.5. The molecule has 6 nitrogen and oxygen atoms in total. The average molecular weight is 356 g/mol. The number of rotatable bonds is 8. The molecule has 0 aliphatic carbocycles. The standard InChI is InChI=1S/C20H24N2O4/c1-4-22(16-10-8-9-15(13-16)20(24)26-5-2)14-19(23)21-17-11-6-7-12-18(17)25-3/h6-13H,4-5,14H2,1-3H3,(H,21,23). The number of nitrogens with one attached hydrogen (secondary N) is 1. The van der Waals surface area contributed by atoms with Gasteiger partial charge in [0, 0.05) is 12.2 Å². The van der Waals surface area contributed by atoms with Crippen LogP contribution >= 0.6 is 0 Å². The van der Waals surface area contributed by atoms with Gasteiger partial charge in [0.15, 0.2) is 0 Å². The molecule has 26 heavy (non-hydrogen) atoms. The summed E-state index contributed by atoms with van der Waals surface area (Å²) < 4.78 is 10.3. The normalized spacial score (nSPS) is 10.1. The van der Waals surface area contributed by atoms with Gasteiger partial charge in [0.2, 0.25) is 5.91 Å². The first-order valence-electron chi connectivity index (χ1n) is 8.54. The van der Waals surface area contributed by atoms with Crippen LogP contribution in [0.5, 0.6) is 5.75 Å². The van der Waals surface area contributed by atoms with Gasteiger partial charge >= 0.3 is 5.97 Å². The quantitative estimate of drug-likeness (QED) is 0.735. The number of likely N-dealkylation sites (N-methyl/N-ethyl adjacent to an activating group) is 1. The maximum Gasteiger partial charge on any atom is 0.338 e. The van der Waals surface area contributed by atoms with E-state index in [2.05, 4.69) is 5.32 Å². The number of esters is 1. The molecule has 2 rings (SSSR count). The van der Waals surface area contributed by atoms with Gasteiger partial charge in [-0.15, -0.1) is 0 Å². The van der Waals surface area contributed by atoms with E-state index >= 15 is 0 Å². The summed E-state index contributed by atoms with van der Waals surface area (Å²) in [6, 6.07) is 14.3. The van der Waals surface area contributed by atoms with Crippen molar-refractivity contribution in [3.8, 4) is 5.75 Å². The molecule has 0 saturated carbocycles. The summed E-state index contributed by atoms with van der Waals surface area (Å²) >= 11 is 0. The molecule has 0 unspecified atom stereocenters. The Morgan fingerprint density at radius 2 is 1.85 bits per heavy atom. The predicted octanol–water partition coefficient (Wildman–Crippen LogP) is 3.34. The van der Waals surface area contributed by atoms with Gasteiger partial charge in [-0.25, -0.2) is 4.79 Å². The van der Waals surface area contributed by atoms with Crippen LogP contribution in [0.2, 0.25) is 0 Å². The number of amides is 1. The van der Waals surface area contributed by atoms with E-state index in [-0.39, 0.29) is 18.4 Å². The first-order valence-corrected chi connectivity index (χ1v) is 8.54. The van der Waals surface area contributed by atoms with Crippen molar-refractivity contribution in [2.75, 3.05) is 37.0 Å². The second-order valence-corrected chi connectivity index (χ2v) is 5.53. The Labute approximate surface area is 153 Å². The van der Waals surface area contributed by atoms with Crippen LogP contribution in [0.25, 0.3) is 0 Å². The van der Waals surface area contributed by atoms with Crippen molar-refractivity contribution in [1.82, 2.24) is 0 Å². The second-order valence-electron chi connectivity index (χ2n) is 5.53. The first kappa shape index (κ1) is 19.3. The number of nitrogens with zero attached hydrogens (tertiary/aromatic N) is 1. The number of anilines is 2. The third kappa shape index (κ3) is 4.99. The minimum atomic E-state index is -0.371. The van der Waals surface area contributed by atoms with E-state index in [1.54, 1.807) is 44.4 Å². The maximum atomic E-state index is 12.4. The molecular formula is C20H24N2O4. The van der Waals surface area contributed by atoms with E-state index in [0.717, 1.165) is 5.69 Å². The fourth-order valence-corrected chi connectivity index (χ4v) is 2.54. The van der Waals surface area contributed by atoms with Crippen LogP contribution in [-0.4, -0.2) is 38.7 Å². The Balaban J connectivity index is 2.10. The van der Waals surface area contributed by atoms with Gasteiger partial charge in [-0.1, -0.05) is 18.2 Å². The molecule has 6 heteroatoms. The summed E-state index contributed by atoms with van der Waals surface area (Å²) in [7, 11) is 1.56. The van der Waals surface area contributed by atoms with Crippen molar-refractivity contribution >= 4 is 23.3 Å². The molecule has 0 aromatic heterocycles. The van der Waals surface area contributed by atoms with E-state index < -0.39 is 0 Å². The molecule has 0 radical (unpaired) electrons. The highest BCUT2D eigenvalue weighted by Gasteiger charge is 2.14. The van der Waals surface area contributed by atoms with E-state index in [1.165, 1.54) is 0 Å². The number of carbonyl (C=O) groups is 2. The molecule has 0 aliphatic heterocycles. The lowest BCUT2D eigenvalue weighted by Gasteiger charge is -2.23. The number of ether oxygens (including phenoxy) is 2. The molecule has 0 heterocycles. The first-order chi connectivity index (χ1) is 12.6. The zero-order valence-electron chi connectivity index (χ0n) is 15.3. The number of para-hydroxylation sites is 2. The Bertz CT molecular complexity index is 761. The minimum absolute atomic E-state index is 0.154. The second kappa shape index (κ2) is 9.46. The Kier molecular flexibility index (Phi) is 7.02. The summed E-state index contributed by atoms with van der Waals surface area (Å²) in [5.74, 6) is 0.0648. The number of benzene rings is 2. The molecule has 0 fully saturated rings. The lowest BCUT2D eigenvalue weighted by atomic mass is 10.2. The zero-order chi connectivity index (χ0) is 18.9. The molecule has 1 amide bonds. The van der Waals surface area contributed by atoms with Crippen LogP contribution in [0.4, 0.5) is 11.4 Å². The van der Waals surface area contributed by atoms with Crippen LogP contribution in [0.15, 0.2) is 48.5 Å². The summed E-state index contributed by atoms with van der Waals surface area (Å²) in [5.41, 5.74) is 1.87.